The van der Waals surface area contributed by atoms with Gasteiger partial charge >= 0.3 is 0 Å². The molecule has 0 bridgehead atoms. The van der Waals surface area contributed by atoms with Crippen LogP contribution in [0.1, 0.15) is 10.9 Å². The highest BCUT2D eigenvalue weighted by Crippen LogP contribution is 2.35. The highest BCUT2D eigenvalue weighted by molar-refractivity contribution is 7.21. The number of hydrogen-bond donors (Lipinski definition) is 1. The summed E-state index contributed by atoms with van der Waals surface area (Å²) in [5.41, 5.74) is 1.22. The molecule has 7 heteroatoms. The molecule has 1 aromatic carbocycles. The van der Waals surface area contributed by atoms with Crippen molar-refractivity contribution in [2.45, 2.75) is 6.04 Å². The first kappa shape index (κ1) is 19.6. The number of likely N-dealkylation sites (N-methyl/N-ethyl adjacent to an activating group) is 1. The fraction of sp³-hybridized carbons (Fsp3) is 0.304. The molecule has 4 heterocycles. The van der Waals surface area contributed by atoms with Gasteiger partial charge in [0.25, 0.3) is 0 Å². The summed E-state index contributed by atoms with van der Waals surface area (Å²) in [6.45, 7) is 5.26. The number of nitrogens with one attached hydrogen (secondary N) is 1. The Kier molecular flexibility index (Phi) is 5.77. The Balaban J connectivity index is 1.39. The van der Waals surface area contributed by atoms with Gasteiger partial charge in [0.05, 0.1) is 11.4 Å². The van der Waals surface area contributed by atoms with Crippen molar-refractivity contribution < 1.29 is 0 Å². The van der Waals surface area contributed by atoms with Crippen LogP contribution >= 0.6 is 22.7 Å². The number of nitrogens with zero attached hydrogens (tertiary/aromatic N) is 4. The van der Waals surface area contributed by atoms with Gasteiger partial charge in [0.15, 0.2) is 0 Å². The molecule has 1 saturated heterocycles. The molecule has 0 amide bonds. The highest BCUT2D eigenvalue weighted by Gasteiger charge is 2.25. The van der Waals surface area contributed by atoms with E-state index in [9.17, 15) is 0 Å². The largest absolute Gasteiger partial charge is 0.367 e. The molecule has 4 aromatic rings. The van der Waals surface area contributed by atoms with E-state index in [0.717, 1.165) is 48.8 Å². The van der Waals surface area contributed by atoms with Crippen molar-refractivity contribution >= 4 is 38.7 Å². The topological polar surface area (TPSA) is 44.3 Å². The molecule has 1 fully saturated rings. The predicted molar refractivity (Wildman–Crippen MR) is 127 cm³/mol. The van der Waals surface area contributed by atoms with Crippen LogP contribution < -0.4 is 5.32 Å². The number of piperazine rings is 1. The smallest absolute Gasteiger partial charge is 0.138 e. The van der Waals surface area contributed by atoms with Gasteiger partial charge in [-0.05, 0) is 30.1 Å². The number of benzene rings is 1. The van der Waals surface area contributed by atoms with Crippen LogP contribution in [0.4, 0.5) is 5.82 Å². The number of hydrogen-bond acceptors (Lipinski definition) is 7. The van der Waals surface area contributed by atoms with Crippen molar-refractivity contribution in [1.82, 2.24) is 19.8 Å². The zero-order valence-corrected chi connectivity index (χ0v) is 18.6. The molecule has 1 N–H and O–H groups in total. The summed E-state index contributed by atoms with van der Waals surface area (Å²) in [5.74, 6) is 0.925. The Morgan fingerprint density at radius 2 is 1.87 bits per heavy atom. The lowest BCUT2D eigenvalue weighted by Crippen LogP contribution is -2.47. The summed E-state index contributed by atoms with van der Waals surface area (Å²) in [6.07, 6.45) is 1.67. The third kappa shape index (κ3) is 4.11. The zero-order chi connectivity index (χ0) is 20.3. The van der Waals surface area contributed by atoms with Crippen LogP contribution in [0.3, 0.4) is 0 Å². The lowest BCUT2D eigenvalue weighted by Gasteiger charge is -2.37. The normalized spacial score (nSPS) is 16.7. The summed E-state index contributed by atoms with van der Waals surface area (Å²) >= 11 is 3.56. The Hall–Kier alpha value is -2.32. The Morgan fingerprint density at radius 3 is 2.63 bits per heavy atom. The van der Waals surface area contributed by atoms with Crippen molar-refractivity contribution in [2.24, 2.45) is 0 Å². The van der Waals surface area contributed by atoms with Gasteiger partial charge in [-0.3, -0.25) is 4.90 Å². The van der Waals surface area contributed by atoms with E-state index in [1.54, 1.807) is 17.7 Å². The maximum atomic E-state index is 4.59. The van der Waals surface area contributed by atoms with Gasteiger partial charge in [0.2, 0.25) is 0 Å². The summed E-state index contributed by atoms with van der Waals surface area (Å²) in [6, 6.07) is 17.5. The van der Waals surface area contributed by atoms with Crippen LogP contribution in [0.25, 0.3) is 20.7 Å². The van der Waals surface area contributed by atoms with E-state index in [1.807, 2.05) is 17.4 Å². The molecule has 154 valence electrons. The first-order valence-electron chi connectivity index (χ1n) is 10.3. The van der Waals surface area contributed by atoms with Gasteiger partial charge < -0.3 is 10.2 Å². The maximum absolute atomic E-state index is 4.59. The van der Waals surface area contributed by atoms with E-state index in [2.05, 4.69) is 80.0 Å². The summed E-state index contributed by atoms with van der Waals surface area (Å²) in [7, 11) is 2.20. The molecule has 0 radical (unpaired) electrons. The SMILES string of the molecule is CN1CCN(C(CNc2ncnc3sc(-c4ccccc4)cc23)c2cccs2)CC1. The van der Waals surface area contributed by atoms with Gasteiger partial charge in [0.1, 0.15) is 17.0 Å². The van der Waals surface area contributed by atoms with Gasteiger partial charge in [-0.15, -0.1) is 22.7 Å². The number of thiophene rings is 2. The van der Waals surface area contributed by atoms with Crippen LogP contribution in [0.15, 0.2) is 60.2 Å². The maximum Gasteiger partial charge on any atom is 0.138 e. The van der Waals surface area contributed by atoms with Gasteiger partial charge in [0, 0.05) is 42.5 Å². The molecule has 30 heavy (non-hydrogen) atoms. The number of rotatable bonds is 6. The lowest BCUT2D eigenvalue weighted by atomic mass is 10.1. The van der Waals surface area contributed by atoms with Crippen molar-refractivity contribution in [3.63, 3.8) is 0 Å². The Labute approximate surface area is 185 Å². The minimum atomic E-state index is 0.357. The summed E-state index contributed by atoms with van der Waals surface area (Å²) in [5, 5.41) is 6.93. The molecule has 0 aliphatic carbocycles. The van der Waals surface area contributed by atoms with E-state index >= 15 is 0 Å². The van der Waals surface area contributed by atoms with E-state index in [0.29, 0.717) is 6.04 Å². The molecule has 5 nitrogen and oxygen atoms in total. The molecule has 5 rings (SSSR count). The van der Waals surface area contributed by atoms with E-state index in [4.69, 9.17) is 0 Å². The third-order valence-corrected chi connectivity index (χ3v) is 7.77. The molecular weight excluding hydrogens is 410 g/mol. The fourth-order valence-corrected chi connectivity index (χ4v) is 5.82. The molecule has 0 spiro atoms. The molecule has 0 saturated carbocycles. The molecular formula is C23H25N5S2. The first-order valence-corrected chi connectivity index (χ1v) is 12.0. The molecule has 1 aliphatic heterocycles. The summed E-state index contributed by atoms with van der Waals surface area (Å²) in [4.78, 5) is 17.8. The molecule has 1 atom stereocenters. The highest BCUT2D eigenvalue weighted by atomic mass is 32.1. The number of aromatic nitrogens is 2. The quantitative estimate of drug-likeness (QED) is 0.470. The second kappa shape index (κ2) is 8.81. The van der Waals surface area contributed by atoms with Crippen LogP contribution in [0.2, 0.25) is 0 Å². The van der Waals surface area contributed by atoms with Crippen molar-refractivity contribution in [2.75, 3.05) is 45.1 Å². The van der Waals surface area contributed by atoms with Crippen molar-refractivity contribution in [1.29, 1.82) is 0 Å². The minimum absolute atomic E-state index is 0.357. The Morgan fingerprint density at radius 1 is 1.03 bits per heavy atom. The van der Waals surface area contributed by atoms with Crippen molar-refractivity contribution in [3.8, 4) is 10.4 Å². The standard InChI is InChI=1S/C23H25N5S2/c1-27-9-11-28(12-10-27)19(20-8-5-13-29-20)15-24-22-18-14-21(17-6-3-2-4-7-17)30-23(18)26-16-25-22/h2-8,13-14,16,19H,9-12,15H2,1H3,(H,24,25,26). The zero-order valence-electron chi connectivity index (χ0n) is 17.0. The molecule has 1 aliphatic rings. The van der Waals surface area contributed by atoms with Crippen LogP contribution in [0.5, 0.6) is 0 Å². The molecule has 3 aromatic heterocycles. The number of anilines is 1. The average Bonchev–Trinajstić information content (AvgIpc) is 3.46. The predicted octanol–water partition coefficient (Wildman–Crippen LogP) is 4.82. The first-order chi connectivity index (χ1) is 14.8. The van der Waals surface area contributed by atoms with E-state index in [-0.39, 0.29) is 0 Å². The van der Waals surface area contributed by atoms with E-state index in [1.165, 1.54) is 15.3 Å². The van der Waals surface area contributed by atoms with Crippen LogP contribution in [0, 0.1) is 0 Å². The fourth-order valence-electron chi connectivity index (χ4n) is 3.96. The summed E-state index contributed by atoms with van der Waals surface area (Å²) < 4.78 is 0. The van der Waals surface area contributed by atoms with E-state index < -0.39 is 0 Å². The lowest BCUT2D eigenvalue weighted by molar-refractivity contribution is 0.118. The second-order valence-electron chi connectivity index (χ2n) is 7.67. The Bertz CT molecular complexity index is 1090. The van der Waals surface area contributed by atoms with Crippen molar-refractivity contribution in [3.05, 3.63) is 65.1 Å². The monoisotopic (exact) mass is 435 g/mol. The minimum Gasteiger partial charge on any atom is -0.367 e. The average molecular weight is 436 g/mol. The molecule has 1 unspecified atom stereocenters. The third-order valence-electron chi connectivity index (χ3n) is 5.70. The van der Waals surface area contributed by atoms with Gasteiger partial charge in [-0.2, -0.15) is 0 Å². The number of fused-ring (bicyclic) bond motifs is 1. The van der Waals surface area contributed by atoms with Crippen LogP contribution in [-0.2, 0) is 0 Å². The van der Waals surface area contributed by atoms with Crippen LogP contribution in [-0.4, -0.2) is 59.5 Å². The van der Waals surface area contributed by atoms with Gasteiger partial charge in [-0.25, -0.2) is 9.97 Å². The second-order valence-corrected chi connectivity index (χ2v) is 9.68. The van der Waals surface area contributed by atoms with Gasteiger partial charge in [-0.1, -0.05) is 36.4 Å².